The van der Waals surface area contributed by atoms with Gasteiger partial charge in [0.25, 0.3) is 0 Å². The number of rotatable bonds is 4. The van der Waals surface area contributed by atoms with E-state index < -0.39 is 0 Å². The van der Waals surface area contributed by atoms with Crippen LogP contribution in [0.1, 0.15) is 44.2 Å². The molecule has 96 valence electrons. The summed E-state index contributed by atoms with van der Waals surface area (Å²) in [6.45, 7) is 7.69. The molecule has 1 heterocycles. The van der Waals surface area contributed by atoms with E-state index in [1.165, 1.54) is 23.4 Å². The van der Waals surface area contributed by atoms with Crippen molar-refractivity contribution in [1.29, 1.82) is 0 Å². The van der Waals surface area contributed by atoms with E-state index in [9.17, 15) is 0 Å². The maximum Gasteiger partial charge on any atom is 0.185 e. The number of thiazole rings is 1. The van der Waals surface area contributed by atoms with Gasteiger partial charge in [-0.1, -0.05) is 20.8 Å². The van der Waals surface area contributed by atoms with Crippen LogP contribution in [0.25, 0.3) is 0 Å². The molecule has 1 aromatic rings. The largest absolute Gasteiger partial charge is 0.354 e. The Morgan fingerprint density at radius 1 is 1.35 bits per heavy atom. The third kappa shape index (κ3) is 3.19. The van der Waals surface area contributed by atoms with E-state index in [1.54, 1.807) is 0 Å². The van der Waals surface area contributed by atoms with Crippen LogP contribution >= 0.6 is 11.3 Å². The summed E-state index contributed by atoms with van der Waals surface area (Å²) < 4.78 is 0. The van der Waals surface area contributed by atoms with Gasteiger partial charge >= 0.3 is 0 Å². The van der Waals surface area contributed by atoms with Gasteiger partial charge in [-0.2, -0.15) is 0 Å². The average molecular weight is 253 g/mol. The van der Waals surface area contributed by atoms with Gasteiger partial charge in [0, 0.05) is 37.0 Å². The zero-order chi connectivity index (χ0) is 12.6. The molecule has 0 radical (unpaired) electrons. The van der Waals surface area contributed by atoms with Crippen molar-refractivity contribution in [3.05, 3.63) is 10.6 Å². The molecule has 1 fully saturated rings. The fraction of sp³-hybridized carbons (Fsp3) is 0.769. The van der Waals surface area contributed by atoms with Gasteiger partial charge in [0.05, 0.1) is 5.69 Å². The van der Waals surface area contributed by atoms with Gasteiger partial charge in [-0.15, -0.1) is 11.3 Å². The number of aromatic nitrogens is 1. The molecule has 0 aliphatic heterocycles. The van der Waals surface area contributed by atoms with Crippen molar-refractivity contribution in [2.24, 2.45) is 0 Å². The molecular formula is C13H23N3S. The van der Waals surface area contributed by atoms with Crippen LogP contribution in [0.5, 0.6) is 0 Å². The minimum Gasteiger partial charge on any atom is -0.354 e. The van der Waals surface area contributed by atoms with Gasteiger partial charge in [-0.3, -0.25) is 0 Å². The Labute approximate surface area is 108 Å². The third-order valence-electron chi connectivity index (χ3n) is 2.91. The molecule has 1 aliphatic rings. The van der Waals surface area contributed by atoms with E-state index in [1.807, 2.05) is 11.3 Å². The predicted octanol–water partition coefficient (Wildman–Crippen LogP) is 2.76. The SMILES string of the molecule is CN(C)c1nc(C(C)(C)C)c(CNC2CC2)s1. The summed E-state index contributed by atoms with van der Waals surface area (Å²) in [5, 5.41) is 4.70. The topological polar surface area (TPSA) is 28.2 Å². The molecule has 0 spiro atoms. The summed E-state index contributed by atoms with van der Waals surface area (Å²) in [5.74, 6) is 0. The lowest BCUT2D eigenvalue weighted by molar-refractivity contribution is 0.559. The highest BCUT2D eigenvalue weighted by molar-refractivity contribution is 7.15. The van der Waals surface area contributed by atoms with Gasteiger partial charge < -0.3 is 10.2 Å². The molecule has 1 aromatic heterocycles. The Bertz CT molecular complexity index is 386. The van der Waals surface area contributed by atoms with Crippen LogP contribution in [0, 0.1) is 0 Å². The van der Waals surface area contributed by atoms with E-state index in [0.717, 1.165) is 17.7 Å². The minimum absolute atomic E-state index is 0.130. The molecule has 2 rings (SSSR count). The molecule has 0 amide bonds. The molecule has 0 bridgehead atoms. The van der Waals surface area contributed by atoms with E-state index in [4.69, 9.17) is 4.98 Å². The lowest BCUT2D eigenvalue weighted by Gasteiger charge is -2.17. The number of hydrogen-bond acceptors (Lipinski definition) is 4. The normalized spacial score (nSPS) is 16.3. The highest BCUT2D eigenvalue weighted by atomic mass is 32.1. The second-order valence-corrected chi connectivity index (χ2v) is 7.13. The number of nitrogens with zero attached hydrogens (tertiary/aromatic N) is 2. The Morgan fingerprint density at radius 3 is 2.47 bits per heavy atom. The molecular weight excluding hydrogens is 230 g/mol. The fourth-order valence-corrected chi connectivity index (χ4v) is 2.90. The number of nitrogens with one attached hydrogen (secondary N) is 1. The predicted molar refractivity (Wildman–Crippen MR) is 75.0 cm³/mol. The van der Waals surface area contributed by atoms with E-state index in [0.29, 0.717) is 0 Å². The molecule has 0 unspecified atom stereocenters. The summed E-state index contributed by atoms with van der Waals surface area (Å²) >= 11 is 1.82. The van der Waals surface area contributed by atoms with Crippen molar-refractivity contribution in [3.8, 4) is 0 Å². The molecule has 4 heteroatoms. The molecule has 0 aromatic carbocycles. The smallest absolute Gasteiger partial charge is 0.185 e. The van der Waals surface area contributed by atoms with Crippen molar-refractivity contribution >= 4 is 16.5 Å². The first-order valence-corrected chi connectivity index (χ1v) is 7.10. The van der Waals surface area contributed by atoms with Crippen molar-refractivity contribution in [2.45, 2.75) is 51.6 Å². The van der Waals surface area contributed by atoms with E-state index in [-0.39, 0.29) is 5.41 Å². The molecule has 17 heavy (non-hydrogen) atoms. The second-order valence-electron chi connectivity index (χ2n) is 6.07. The first-order chi connectivity index (χ1) is 7.88. The van der Waals surface area contributed by atoms with Gasteiger partial charge in [-0.05, 0) is 12.8 Å². The lowest BCUT2D eigenvalue weighted by Crippen LogP contribution is -2.20. The van der Waals surface area contributed by atoms with Crippen LogP contribution in [0.2, 0.25) is 0 Å². The molecule has 0 atom stereocenters. The average Bonchev–Trinajstić information content (AvgIpc) is 2.91. The van der Waals surface area contributed by atoms with Crippen molar-refractivity contribution < 1.29 is 0 Å². The third-order valence-corrected chi connectivity index (χ3v) is 4.13. The van der Waals surface area contributed by atoms with Gasteiger partial charge in [0.2, 0.25) is 0 Å². The number of hydrogen-bond donors (Lipinski definition) is 1. The zero-order valence-corrected chi connectivity index (χ0v) is 12.3. The Hall–Kier alpha value is -0.610. The van der Waals surface area contributed by atoms with Crippen molar-refractivity contribution in [1.82, 2.24) is 10.3 Å². The molecule has 3 nitrogen and oxygen atoms in total. The Kier molecular flexibility index (Phi) is 3.46. The van der Waals surface area contributed by atoms with Crippen molar-refractivity contribution in [2.75, 3.05) is 19.0 Å². The Morgan fingerprint density at radius 2 is 2.00 bits per heavy atom. The molecule has 1 aliphatic carbocycles. The lowest BCUT2D eigenvalue weighted by atomic mass is 9.91. The summed E-state index contributed by atoms with van der Waals surface area (Å²) in [5.41, 5.74) is 1.38. The van der Waals surface area contributed by atoms with Crippen LogP contribution < -0.4 is 10.2 Å². The van der Waals surface area contributed by atoms with Crippen LogP contribution in [0.4, 0.5) is 5.13 Å². The van der Waals surface area contributed by atoms with Gasteiger partial charge in [-0.25, -0.2) is 4.98 Å². The van der Waals surface area contributed by atoms with Crippen LogP contribution in [-0.2, 0) is 12.0 Å². The summed E-state index contributed by atoms with van der Waals surface area (Å²) in [7, 11) is 4.12. The van der Waals surface area contributed by atoms with Crippen LogP contribution in [0.3, 0.4) is 0 Å². The summed E-state index contributed by atoms with van der Waals surface area (Å²) in [6, 6.07) is 0.757. The highest BCUT2D eigenvalue weighted by Gasteiger charge is 2.26. The van der Waals surface area contributed by atoms with E-state index in [2.05, 4.69) is 45.1 Å². The zero-order valence-electron chi connectivity index (χ0n) is 11.5. The minimum atomic E-state index is 0.130. The summed E-state index contributed by atoms with van der Waals surface area (Å²) in [4.78, 5) is 8.28. The standard InChI is InChI=1S/C13H23N3S/c1-13(2,3)11-10(8-14-9-6-7-9)17-12(15-11)16(4)5/h9,14H,6-8H2,1-5H3. The maximum atomic E-state index is 4.78. The van der Waals surface area contributed by atoms with Crippen LogP contribution in [0.15, 0.2) is 0 Å². The molecule has 0 saturated heterocycles. The maximum absolute atomic E-state index is 4.78. The first kappa shape index (κ1) is 12.8. The molecule has 1 N–H and O–H groups in total. The second kappa shape index (κ2) is 4.58. The highest BCUT2D eigenvalue weighted by Crippen LogP contribution is 2.33. The quantitative estimate of drug-likeness (QED) is 0.894. The van der Waals surface area contributed by atoms with Gasteiger partial charge in [0.1, 0.15) is 0 Å². The first-order valence-electron chi connectivity index (χ1n) is 6.29. The summed E-state index contributed by atoms with van der Waals surface area (Å²) in [6.07, 6.45) is 2.67. The molecule has 1 saturated carbocycles. The van der Waals surface area contributed by atoms with Crippen LogP contribution in [-0.4, -0.2) is 25.1 Å². The monoisotopic (exact) mass is 253 g/mol. The van der Waals surface area contributed by atoms with E-state index >= 15 is 0 Å². The van der Waals surface area contributed by atoms with Gasteiger partial charge in [0.15, 0.2) is 5.13 Å². The number of anilines is 1. The Balaban J connectivity index is 2.20. The fourth-order valence-electron chi connectivity index (χ4n) is 1.76. The van der Waals surface area contributed by atoms with Crippen molar-refractivity contribution in [3.63, 3.8) is 0 Å².